The van der Waals surface area contributed by atoms with Crippen molar-refractivity contribution in [2.45, 2.75) is 44.9 Å². The Morgan fingerprint density at radius 3 is 2.50 bits per heavy atom. The van der Waals surface area contributed by atoms with E-state index < -0.39 is 0 Å². The molecule has 0 heterocycles. The molecule has 2 saturated carbocycles. The topological polar surface area (TPSA) is 20.2 Å². The summed E-state index contributed by atoms with van der Waals surface area (Å²) in [5.41, 5.74) is 4.95. The molecule has 0 radical (unpaired) electrons. The SMILES string of the molecule is Cc1cc(C2CC2)ccc1C(O)=C1CCC1. The van der Waals surface area contributed by atoms with Crippen LogP contribution in [0.25, 0.3) is 5.76 Å². The zero-order valence-corrected chi connectivity index (χ0v) is 9.79. The molecular formula is C15H18O. The summed E-state index contributed by atoms with van der Waals surface area (Å²) in [6.45, 7) is 2.11. The average Bonchev–Trinajstić information content (AvgIpc) is 2.97. The van der Waals surface area contributed by atoms with Crippen LogP contribution in [0.1, 0.15) is 54.7 Å². The maximum atomic E-state index is 10.1. The van der Waals surface area contributed by atoms with Crippen LogP contribution < -0.4 is 0 Å². The van der Waals surface area contributed by atoms with E-state index in [1.807, 2.05) is 0 Å². The summed E-state index contributed by atoms with van der Waals surface area (Å²) in [5.74, 6) is 1.34. The Labute approximate surface area is 96.8 Å². The quantitative estimate of drug-likeness (QED) is 0.727. The van der Waals surface area contributed by atoms with Crippen LogP contribution in [-0.2, 0) is 0 Å². The molecule has 1 nitrogen and oxygen atoms in total. The van der Waals surface area contributed by atoms with Gasteiger partial charge in [0, 0.05) is 5.56 Å². The largest absolute Gasteiger partial charge is 0.507 e. The minimum Gasteiger partial charge on any atom is -0.507 e. The first-order valence-corrected chi connectivity index (χ1v) is 6.27. The van der Waals surface area contributed by atoms with Gasteiger partial charge in [-0.25, -0.2) is 0 Å². The molecule has 1 aromatic carbocycles. The first-order valence-electron chi connectivity index (χ1n) is 6.27. The fourth-order valence-electron chi connectivity index (χ4n) is 2.40. The van der Waals surface area contributed by atoms with Crippen LogP contribution in [0.4, 0.5) is 0 Å². The lowest BCUT2D eigenvalue weighted by atomic mass is 9.88. The molecule has 84 valence electrons. The van der Waals surface area contributed by atoms with Crippen LogP contribution in [0.5, 0.6) is 0 Å². The Balaban J connectivity index is 1.95. The monoisotopic (exact) mass is 214 g/mol. The van der Waals surface area contributed by atoms with Crippen LogP contribution in [-0.4, -0.2) is 5.11 Å². The second-order valence-electron chi connectivity index (χ2n) is 5.15. The van der Waals surface area contributed by atoms with Gasteiger partial charge in [-0.2, -0.15) is 0 Å². The number of allylic oxidation sites excluding steroid dienone is 1. The number of hydrogen-bond acceptors (Lipinski definition) is 1. The zero-order valence-electron chi connectivity index (χ0n) is 9.79. The van der Waals surface area contributed by atoms with Crippen LogP contribution in [0.3, 0.4) is 0 Å². The number of rotatable bonds is 2. The normalized spacial score (nSPS) is 19.4. The summed E-state index contributed by atoms with van der Waals surface area (Å²) in [4.78, 5) is 0. The van der Waals surface area contributed by atoms with E-state index in [0.29, 0.717) is 5.76 Å². The van der Waals surface area contributed by atoms with Gasteiger partial charge in [-0.3, -0.25) is 0 Å². The van der Waals surface area contributed by atoms with Crippen molar-refractivity contribution in [3.8, 4) is 0 Å². The molecule has 2 aliphatic rings. The number of aliphatic hydroxyl groups excluding tert-OH is 1. The van der Waals surface area contributed by atoms with E-state index >= 15 is 0 Å². The van der Waals surface area contributed by atoms with Crippen molar-refractivity contribution in [1.82, 2.24) is 0 Å². The number of benzene rings is 1. The van der Waals surface area contributed by atoms with Crippen molar-refractivity contribution >= 4 is 5.76 Å². The average molecular weight is 214 g/mol. The molecule has 3 rings (SSSR count). The minimum absolute atomic E-state index is 0.547. The molecule has 0 aliphatic heterocycles. The van der Waals surface area contributed by atoms with Crippen LogP contribution in [0.15, 0.2) is 23.8 Å². The first-order chi connectivity index (χ1) is 7.75. The van der Waals surface area contributed by atoms with Crippen molar-refractivity contribution in [3.05, 3.63) is 40.5 Å². The van der Waals surface area contributed by atoms with Crippen molar-refractivity contribution in [2.24, 2.45) is 0 Å². The molecule has 1 N–H and O–H groups in total. The van der Waals surface area contributed by atoms with E-state index in [1.165, 1.54) is 36.0 Å². The van der Waals surface area contributed by atoms with Gasteiger partial charge in [0.05, 0.1) is 0 Å². The molecule has 1 heteroatoms. The predicted molar refractivity (Wildman–Crippen MR) is 66.6 cm³/mol. The van der Waals surface area contributed by atoms with Gasteiger partial charge in [0.1, 0.15) is 5.76 Å². The lowest BCUT2D eigenvalue weighted by Gasteiger charge is -2.19. The van der Waals surface area contributed by atoms with Crippen molar-refractivity contribution < 1.29 is 5.11 Å². The van der Waals surface area contributed by atoms with Gasteiger partial charge in [-0.1, -0.05) is 18.2 Å². The number of aryl methyl sites for hydroxylation is 1. The second kappa shape index (κ2) is 3.65. The van der Waals surface area contributed by atoms with E-state index in [2.05, 4.69) is 25.1 Å². The molecule has 2 fully saturated rings. The lowest BCUT2D eigenvalue weighted by Crippen LogP contribution is -2.02. The van der Waals surface area contributed by atoms with Crippen LogP contribution in [0, 0.1) is 6.92 Å². The van der Waals surface area contributed by atoms with Crippen LogP contribution >= 0.6 is 0 Å². The molecule has 0 amide bonds. The zero-order chi connectivity index (χ0) is 11.1. The summed E-state index contributed by atoms with van der Waals surface area (Å²) in [7, 11) is 0. The first kappa shape index (κ1) is 9.95. The minimum atomic E-state index is 0.547. The van der Waals surface area contributed by atoms with Gasteiger partial charge in [0.15, 0.2) is 0 Å². The fraction of sp³-hybridized carbons (Fsp3) is 0.467. The highest BCUT2D eigenvalue weighted by atomic mass is 16.3. The molecule has 0 spiro atoms. The molecule has 0 aromatic heterocycles. The van der Waals surface area contributed by atoms with E-state index in [4.69, 9.17) is 0 Å². The Morgan fingerprint density at radius 2 is 2.00 bits per heavy atom. The van der Waals surface area contributed by atoms with Gasteiger partial charge in [-0.15, -0.1) is 0 Å². The summed E-state index contributed by atoms with van der Waals surface area (Å²) in [5, 5.41) is 10.1. The molecule has 0 bridgehead atoms. The number of hydrogen-bond donors (Lipinski definition) is 1. The van der Waals surface area contributed by atoms with Crippen molar-refractivity contribution in [2.75, 3.05) is 0 Å². The highest BCUT2D eigenvalue weighted by molar-refractivity contribution is 5.66. The fourth-order valence-corrected chi connectivity index (χ4v) is 2.40. The van der Waals surface area contributed by atoms with Crippen LogP contribution in [0.2, 0.25) is 0 Å². The smallest absolute Gasteiger partial charge is 0.122 e. The van der Waals surface area contributed by atoms with Crippen molar-refractivity contribution in [3.63, 3.8) is 0 Å². The lowest BCUT2D eigenvalue weighted by molar-refractivity contribution is 0.485. The molecule has 1 aromatic rings. The Kier molecular flexibility index (Phi) is 2.27. The molecular weight excluding hydrogens is 196 g/mol. The summed E-state index contributed by atoms with van der Waals surface area (Å²) in [6, 6.07) is 6.54. The third kappa shape index (κ3) is 1.64. The molecule has 2 aliphatic carbocycles. The maximum absolute atomic E-state index is 10.1. The second-order valence-corrected chi connectivity index (χ2v) is 5.15. The molecule has 0 atom stereocenters. The standard InChI is InChI=1S/C15H18O/c1-10-9-13(11-5-6-11)7-8-14(10)15(16)12-3-2-4-12/h7-9,11,16H,2-6H2,1H3. The summed E-state index contributed by atoms with van der Waals surface area (Å²) >= 11 is 0. The summed E-state index contributed by atoms with van der Waals surface area (Å²) < 4.78 is 0. The van der Waals surface area contributed by atoms with E-state index in [-0.39, 0.29) is 0 Å². The Hall–Kier alpha value is -1.24. The third-order valence-corrected chi connectivity index (χ3v) is 3.85. The Bertz CT molecular complexity index is 447. The Morgan fingerprint density at radius 1 is 1.25 bits per heavy atom. The molecule has 0 saturated heterocycles. The molecule has 16 heavy (non-hydrogen) atoms. The maximum Gasteiger partial charge on any atom is 0.122 e. The van der Waals surface area contributed by atoms with Gasteiger partial charge >= 0.3 is 0 Å². The van der Waals surface area contributed by atoms with E-state index in [1.54, 1.807) is 0 Å². The highest BCUT2D eigenvalue weighted by Gasteiger charge is 2.24. The van der Waals surface area contributed by atoms with Crippen molar-refractivity contribution in [1.29, 1.82) is 0 Å². The highest BCUT2D eigenvalue weighted by Crippen LogP contribution is 2.41. The van der Waals surface area contributed by atoms with E-state index in [0.717, 1.165) is 24.3 Å². The third-order valence-electron chi connectivity index (χ3n) is 3.85. The number of aliphatic hydroxyl groups is 1. The van der Waals surface area contributed by atoms with Gasteiger partial charge in [0.2, 0.25) is 0 Å². The molecule has 0 unspecified atom stereocenters. The predicted octanol–water partition coefficient (Wildman–Crippen LogP) is 4.33. The van der Waals surface area contributed by atoms with Gasteiger partial charge < -0.3 is 5.11 Å². The summed E-state index contributed by atoms with van der Waals surface area (Å²) in [6.07, 6.45) is 6.07. The van der Waals surface area contributed by atoms with Gasteiger partial charge in [-0.05, 0) is 61.6 Å². The van der Waals surface area contributed by atoms with E-state index in [9.17, 15) is 5.11 Å². The van der Waals surface area contributed by atoms with Gasteiger partial charge in [0.25, 0.3) is 0 Å².